The summed E-state index contributed by atoms with van der Waals surface area (Å²) in [7, 11) is 1.39. The van der Waals surface area contributed by atoms with E-state index in [4.69, 9.17) is 27.5 Å². The summed E-state index contributed by atoms with van der Waals surface area (Å²) >= 11 is 6.35. The van der Waals surface area contributed by atoms with E-state index in [2.05, 4.69) is 20.6 Å². The normalized spacial score (nSPS) is 14.4. The van der Waals surface area contributed by atoms with E-state index in [9.17, 15) is 19.1 Å². The van der Waals surface area contributed by atoms with Gasteiger partial charge in [-0.25, -0.2) is 14.4 Å². The van der Waals surface area contributed by atoms with Crippen molar-refractivity contribution in [3.63, 3.8) is 0 Å². The Labute approximate surface area is 234 Å². The van der Waals surface area contributed by atoms with E-state index in [1.165, 1.54) is 42.6 Å². The van der Waals surface area contributed by atoms with Crippen molar-refractivity contribution in [2.45, 2.75) is 25.6 Å². The molecule has 0 aliphatic carbocycles. The number of carbonyl (C=O) groups is 2. The van der Waals surface area contributed by atoms with Crippen LogP contribution >= 0.6 is 11.6 Å². The maximum atomic E-state index is 14.0. The second-order valence-electron chi connectivity index (χ2n) is 8.93. The molecule has 2 heterocycles. The first-order chi connectivity index (χ1) is 19.2. The van der Waals surface area contributed by atoms with Gasteiger partial charge in [-0.3, -0.25) is 9.59 Å². The van der Waals surface area contributed by atoms with Gasteiger partial charge >= 0.3 is 0 Å². The van der Waals surface area contributed by atoms with Gasteiger partial charge in [-0.15, -0.1) is 0 Å². The molecule has 2 amide bonds. The zero-order valence-corrected chi connectivity index (χ0v) is 22.4. The molecular weight excluding hydrogens is 541 g/mol. The Balaban J connectivity index is 1.53. The van der Waals surface area contributed by atoms with Gasteiger partial charge in [0.1, 0.15) is 17.6 Å². The van der Waals surface area contributed by atoms with Gasteiger partial charge in [0, 0.05) is 36.2 Å². The predicted molar refractivity (Wildman–Crippen MR) is 147 cm³/mol. The standard InChI is InChI=1S/C27H27ClFN7O4/c1-14(25(38)34-23(13-37)17-5-18(29)8-20(6-17)40-2)36-12-16-4-3-15(7-21(16)26(36)39)24-22(28)11-32-27(35-24)33-19(9-30)10-31/h3-11,14,23,30,37H,12-13,31H2,1-2H3,(H,34,38)(H,32,33,35)/b19-10+,30-9?/t14-,23-/m1/s1. The number of allylic oxidation sites excluding steroid dienone is 1. The second-order valence-corrected chi connectivity index (χ2v) is 9.34. The summed E-state index contributed by atoms with van der Waals surface area (Å²) in [6.07, 6.45) is 3.60. The van der Waals surface area contributed by atoms with E-state index in [-0.39, 0.29) is 34.9 Å². The lowest BCUT2D eigenvalue weighted by atomic mass is 10.0. The number of hydrogen-bond acceptors (Lipinski definition) is 9. The monoisotopic (exact) mass is 567 g/mol. The van der Waals surface area contributed by atoms with Crippen molar-refractivity contribution in [3.8, 4) is 17.0 Å². The molecular formula is C27H27ClFN7O4. The van der Waals surface area contributed by atoms with E-state index in [0.717, 1.165) is 6.21 Å². The molecule has 0 saturated carbocycles. The topological polar surface area (TPSA) is 167 Å². The lowest BCUT2D eigenvalue weighted by Gasteiger charge is -2.26. The molecule has 13 heteroatoms. The summed E-state index contributed by atoms with van der Waals surface area (Å²) in [5, 5.41) is 23.0. The summed E-state index contributed by atoms with van der Waals surface area (Å²) in [5.41, 5.74) is 8.08. The minimum absolute atomic E-state index is 0.160. The van der Waals surface area contributed by atoms with E-state index >= 15 is 0 Å². The molecule has 0 fully saturated rings. The second kappa shape index (κ2) is 12.1. The summed E-state index contributed by atoms with van der Waals surface area (Å²) < 4.78 is 19.1. The fourth-order valence-electron chi connectivity index (χ4n) is 4.24. The maximum absolute atomic E-state index is 14.0. The largest absolute Gasteiger partial charge is 0.497 e. The number of halogens is 2. The van der Waals surface area contributed by atoms with Gasteiger partial charge in [0.05, 0.1) is 42.4 Å². The molecule has 2 aromatic carbocycles. The van der Waals surface area contributed by atoms with Gasteiger partial charge in [0.25, 0.3) is 5.91 Å². The molecule has 0 radical (unpaired) electrons. The molecule has 4 rings (SSSR count). The van der Waals surface area contributed by atoms with Crippen molar-refractivity contribution in [3.05, 3.63) is 82.0 Å². The SMILES string of the molecule is COc1cc(F)cc([C@@H](CO)NC(=O)[C@@H](C)N2Cc3ccc(-c4nc(N/C(C=N)=C/N)ncc4Cl)cc3C2=O)c1. The Morgan fingerprint density at radius 1 is 1.35 bits per heavy atom. The van der Waals surface area contributed by atoms with Crippen LogP contribution in [-0.4, -0.2) is 57.8 Å². The van der Waals surface area contributed by atoms with Crippen molar-refractivity contribution in [2.75, 3.05) is 19.0 Å². The van der Waals surface area contributed by atoms with Crippen LogP contribution in [0.2, 0.25) is 5.02 Å². The number of amides is 2. The Morgan fingerprint density at radius 3 is 2.80 bits per heavy atom. The molecule has 0 unspecified atom stereocenters. The number of fused-ring (bicyclic) bond motifs is 1. The third-order valence-electron chi connectivity index (χ3n) is 6.43. The molecule has 2 atom stereocenters. The molecule has 6 N–H and O–H groups in total. The third kappa shape index (κ3) is 5.87. The first-order valence-corrected chi connectivity index (χ1v) is 12.5. The molecule has 1 aliphatic rings. The number of benzene rings is 2. The summed E-state index contributed by atoms with van der Waals surface area (Å²) in [4.78, 5) is 36.4. The molecule has 1 aromatic heterocycles. The number of aliphatic hydroxyl groups excluding tert-OH is 1. The third-order valence-corrected chi connectivity index (χ3v) is 6.70. The quantitative estimate of drug-likeness (QED) is 0.233. The molecule has 40 heavy (non-hydrogen) atoms. The van der Waals surface area contributed by atoms with Crippen molar-refractivity contribution >= 4 is 35.6 Å². The van der Waals surface area contributed by atoms with E-state index < -0.39 is 30.4 Å². The lowest BCUT2D eigenvalue weighted by Crippen LogP contribution is -2.46. The molecule has 3 aromatic rings. The molecule has 208 valence electrons. The van der Waals surface area contributed by atoms with E-state index in [1.807, 2.05) is 0 Å². The first kappa shape index (κ1) is 28.5. The van der Waals surface area contributed by atoms with E-state index in [1.54, 1.807) is 25.1 Å². The smallest absolute Gasteiger partial charge is 0.255 e. The Kier molecular flexibility index (Phi) is 8.61. The highest BCUT2D eigenvalue weighted by Gasteiger charge is 2.35. The molecule has 0 bridgehead atoms. The van der Waals surface area contributed by atoms with Crippen molar-refractivity contribution in [1.29, 1.82) is 5.41 Å². The fraction of sp³-hybridized carbons (Fsp3) is 0.222. The zero-order valence-electron chi connectivity index (χ0n) is 21.6. The van der Waals surface area contributed by atoms with Gasteiger partial charge in [-0.1, -0.05) is 23.7 Å². The van der Waals surface area contributed by atoms with Crippen molar-refractivity contribution in [1.82, 2.24) is 20.2 Å². The van der Waals surface area contributed by atoms with Gasteiger partial charge in [0.15, 0.2) is 0 Å². The Bertz CT molecular complexity index is 1500. The first-order valence-electron chi connectivity index (χ1n) is 12.1. The molecule has 0 saturated heterocycles. The number of carbonyl (C=O) groups excluding carboxylic acids is 2. The van der Waals surface area contributed by atoms with Crippen LogP contribution in [0.25, 0.3) is 11.3 Å². The fourth-order valence-corrected chi connectivity index (χ4v) is 4.44. The number of anilines is 1. The number of nitrogens with two attached hydrogens (primary N) is 1. The number of nitrogens with zero attached hydrogens (tertiary/aromatic N) is 3. The van der Waals surface area contributed by atoms with Gasteiger partial charge in [-0.05, 0) is 36.2 Å². The Hall–Kier alpha value is -4.55. The number of rotatable bonds is 10. The number of aromatic nitrogens is 2. The van der Waals surface area contributed by atoms with Crippen LogP contribution < -0.4 is 21.1 Å². The predicted octanol–water partition coefficient (Wildman–Crippen LogP) is 3.00. The van der Waals surface area contributed by atoms with Gasteiger partial charge < -0.3 is 36.5 Å². The van der Waals surface area contributed by atoms with Gasteiger partial charge in [-0.2, -0.15) is 0 Å². The number of ether oxygens (including phenoxy) is 1. The van der Waals surface area contributed by atoms with Crippen LogP contribution in [-0.2, 0) is 11.3 Å². The highest BCUT2D eigenvalue weighted by molar-refractivity contribution is 6.33. The van der Waals surface area contributed by atoms with Crippen molar-refractivity contribution in [2.24, 2.45) is 5.73 Å². The van der Waals surface area contributed by atoms with E-state index in [0.29, 0.717) is 27.9 Å². The van der Waals surface area contributed by atoms with Gasteiger partial charge in [0.2, 0.25) is 11.9 Å². The van der Waals surface area contributed by atoms with Crippen molar-refractivity contribution < 1.29 is 23.8 Å². The highest BCUT2D eigenvalue weighted by atomic mass is 35.5. The minimum atomic E-state index is -0.906. The lowest BCUT2D eigenvalue weighted by molar-refractivity contribution is -0.126. The number of nitrogens with one attached hydrogen (secondary N) is 3. The van der Waals surface area contributed by atoms with Crippen LogP contribution in [0, 0.1) is 11.2 Å². The average Bonchev–Trinajstić information content (AvgIpc) is 3.29. The maximum Gasteiger partial charge on any atom is 0.255 e. The molecule has 11 nitrogen and oxygen atoms in total. The Morgan fingerprint density at radius 2 is 2.12 bits per heavy atom. The minimum Gasteiger partial charge on any atom is -0.497 e. The number of aliphatic hydroxyl groups is 1. The average molecular weight is 568 g/mol. The van der Waals surface area contributed by atoms with Crippen LogP contribution in [0.4, 0.5) is 10.3 Å². The van der Waals surface area contributed by atoms with Crippen LogP contribution in [0.5, 0.6) is 5.75 Å². The van der Waals surface area contributed by atoms with Crippen LogP contribution in [0.3, 0.4) is 0 Å². The summed E-state index contributed by atoms with van der Waals surface area (Å²) in [6.45, 7) is 1.28. The number of methoxy groups -OCH3 is 1. The summed E-state index contributed by atoms with van der Waals surface area (Å²) in [5.74, 6) is -1.06. The summed E-state index contributed by atoms with van der Waals surface area (Å²) in [6, 6.07) is 7.27. The van der Waals surface area contributed by atoms with Crippen LogP contribution in [0.1, 0.15) is 34.5 Å². The number of hydrogen-bond donors (Lipinski definition) is 5. The molecule has 1 aliphatic heterocycles. The van der Waals surface area contributed by atoms with Crippen LogP contribution in [0.15, 0.2) is 54.5 Å². The highest BCUT2D eigenvalue weighted by Crippen LogP contribution is 2.32. The zero-order chi connectivity index (χ0) is 29.0. The molecule has 0 spiro atoms.